The van der Waals surface area contributed by atoms with Crippen molar-refractivity contribution in [2.75, 3.05) is 29.9 Å². The van der Waals surface area contributed by atoms with Crippen LogP contribution in [0.1, 0.15) is 31.2 Å². The van der Waals surface area contributed by atoms with Crippen molar-refractivity contribution in [1.29, 1.82) is 5.26 Å². The van der Waals surface area contributed by atoms with Crippen LogP contribution in [0.25, 0.3) is 0 Å². The van der Waals surface area contributed by atoms with Crippen LogP contribution < -0.4 is 10.2 Å². The lowest BCUT2D eigenvalue weighted by Gasteiger charge is -2.50. The molecule has 0 saturated carbocycles. The molecule has 8 heteroatoms. The highest BCUT2D eigenvalue weighted by atomic mass is 15.3. The second-order valence-corrected chi connectivity index (χ2v) is 7.52. The molecule has 2 fully saturated rings. The Morgan fingerprint density at radius 2 is 2.04 bits per heavy atom. The average Bonchev–Trinajstić information content (AvgIpc) is 3.05. The molecule has 2 aliphatic rings. The fourth-order valence-electron chi connectivity index (χ4n) is 4.34. The van der Waals surface area contributed by atoms with Crippen molar-refractivity contribution >= 4 is 17.5 Å². The van der Waals surface area contributed by atoms with E-state index in [-0.39, 0.29) is 0 Å². The maximum atomic E-state index is 8.96. The van der Waals surface area contributed by atoms with Crippen LogP contribution in [0.4, 0.5) is 17.5 Å². The summed E-state index contributed by atoms with van der Waals surface area (Å²) in [5, 5.41) is 16.4. The lowest BCUT2D eigenvalue weighted by Crippen LogP contribution is -2.61. The van der Waals surface area contributed by atoms with Crippen molar-refractivity contribution in [3.05, 3.63) is 24.2 Å². The number of piperidine rings is 1. The Bertz CT molecular complexity index is 824. The van der Waals surface area contributed by atoms with E-state index in [0.717, 1.165) is 36.7 Å². The molecule has 4 rings (SSSR count). The first kappa shape index (κ1) is 17.7. The second-order valence-electron chi connectivity index (χ2n) is 7.52. The van der Waals surface area contributed by atoms with Gasteiger partial charge in [-0.05, 0) is 19.8 Å². The Morgan fingerprint density at radius 1 is 1.26 bits per heavy atom. The molecule has 27 heavy (non-hydrogen) atoms. The summed E-state index contributed by atoms with van der Waals surface area (Å²) in [5.74, 6) is 1.61. The van der Waals surface area contributed by atoms with Crippen molar-refractivity contribution < 1.29 is 0 Å². The molecule has 2 unspecified atom stereocenters. The minimum absolute atomic E-state index is 0.509. The highest BCUT2D eigenvalue weighted by Crippen LogP contribution is 2.32. The van der Waals surface area contributed by atoms with Gasteiger partial charge < -0.3 is 10.2 Å². The SMILES string of the molecule is Cc1cnc(Nc2cnn(C)c2)nc1N1CC2CCCC(C1)N2CCC#N. The predicted octanol–water partition coefficient (Wildman–Crippen LogP) is 2.22. The van der Waals surface area contributed by atoms with E-state index in [9.17, 15) is 0 Å². The van der Waals surface area contributed by atoms with Gasteiger partial charge in [0.15, 0.2) is 0 Å². The normalized spacial score (nSPS) is 22.5. The molecule has 2 aromatic rings. The summed E-state index contributed by atoms with van der Waals surface area (Å²) in [4.78, 5) is 14.2. The molecule has 0 aromatic carbocycles. The second kappa shape index (κ2) is 7.53. The zero-order chi connectivity index (χ0) is 18.8. The molecular formula is C19H26N8. The Kier molecular flexibility index (Phi) is 4.94. The summed E-state index contributed by atoms with van der Waals surface area (Å²) in [6.07, 6.45) is 9.84. The standard InChI is InChI=1S/C19H26N8/c1-14-9-21-19(23-15-10-22-25(2)11-15)24-18(14)26-12-16-5-3-6-17(13-26)27(16)8-4-7-20/h9-11,16-17H,3-6,8,12-13H2,1-2H3,(H,21,23,24). The summed E-state index contributed by atoms with van der Waals surface area (Å²) >= 11 is 0. The number of rotatable bonds is 5. The molecule has 2 aromatic heterocycles. The number of piperazine rings is 1. The van der Waals surface area contributed by atoms with Crippen molar-refractivity contribution in [2.45, 2.75) is 44.7 Å². The summed E-state index contributed by atoms with van der Waals surface area (Å²) < 4.78 is 1.75. The third-order valence-corrected chi connectivity index (χ3v) is 5.56. The van der Waals surface area contributed by atoms with Crippen LogP contribution in [-0.2, 0) is 7.05 Å². The zero-order valence-corrected chi connectivity index (χ0v) is 16.0. The first-order valence-corrected chi connectivity index (χ1v) is 9.61. The topological polar surface area (TPSA) is 85.9 Å². The lowest BCUT2D eigenvalue weighted by atomic mass is 9.91. The molecule has 2 atom stereocenters. The largest absolute Gasteiger partial charge is 0.353 e. The molecular weight excluding hydrogens is 340 g/mol. The molecule has 4 heterocycles. The minimum Gasteiger partial charge on any atom is -0.353 e. The average molecular weight is 366 g/mol. The highest BCUT2D eigenvalue weighted by molar-refractivity contribution is 5.55. The number of nitrogens with one attached hydrogen (secondary N) is 1. The zero-order valence-electron chi connectivity index (χ0n) is 16.0. The van der Waals surface area contributed by atoms with Gasteiger partial charge in [-0.3, -0.25) is 9.58 Å². The summed E-state index contributed by atoms with van der Waals surface area (Å²) in [6.45, 7) is 4.88. The number of nitrogens with zero attached hydrogens (tertiary/aromatic N) is 7. The number of aryl methyl sites for hydroxylation is 2. The molecule has 0 aliphatic carbocycles. The number of aromatic nitrogens is 4. The Morgan fingerprint density at radius 3 is 2.70 bits per heavy atom. The maximum absolute atomic E-state index is 8.96. The van der Waals surface area contributed by atoms with Gasteiger partial charge in [0.2, 0.25) is 5.95 Å². The van der Waals surface area contributed by atoms with Gasteiger partial charge in [-0.2, -0.15) is 15.3 Å². The quantitative estimate of drug-likeness (QED) is 0.868. The molecule has 1 N–H and O–H groups in total. The van der Waals surface area contributed by atoms with E-state index in [1.165, 1.54) is 19.3 Å². The van der Waals surface area contributed by atoms with E-state index in [0.29, 0.717) is 24.5 Å². The van der Waals surface area contributed by atoms with Gasteiger partial charge in [-0.15, -0.1) is 0 Å². The number of hydrogen-bond donors (Lipinski definition) is 1. The molecule has 0 spiro atoms. The molecule has 8 nitrogen and oxygen atoms in total. The number of fused-ring (bicyclic) bond motifs is 2. The Labute approximate surface area is 159 Å². The monoisotopic (exact) mass is 366 g/mol. The minimum atomic E-state index is 0.509. The van der Waals surface area contributed by atoms with Gasteiger partial charge in [-0.1, -0.05) is 6.42 Å². The van der Waals surface area contributed by atoms with Crippen LogP contribution in [0.5, 0.6) is 0 Å². The summed E-state index contributed by atoms with van der Waals surface area (Å²) in [7, 11) is 1.89. The van der Waals surface area contributed by atoms with Crippen LogP contribution in [0.2, 0.25) is 0 Å². The van der Waals surface area contributed by atoms with Gasteiger partial charge in [0.05, 0.1) is 18.0 Å². The van der Waals surface area contributed by atoms with Crippen molar-refractivity contribution in [3.63, 3.8) is 0 Å². The number of nitriles is 1. The van der Waals surface area contributed by atoms with E-state index < -0.39 is 0 Å². The lowest BCUT2D eigenvalue weighted by molar-refractivity contribution is 0.0678. The number of anilines is 3. The van der Waals surface area contributed by atoms with Gasteiger partial charge >= 0.3 is 0 Å². The smallest absolute Gasteiger partial charge is 0.229 e. The molecule has 0 radical (unpaired) electrons. The molecule has 142 valence electrons. The van der Waals surface area contributed by atoms with E-state index in [1.54, 1.807) is 10.9 Å². The summed E-state index contributed by atoms with van der Waals surface area (Å²) in [6, 6.07) is 3.32. The third kappa shape index (κ3) is 3.74. The van der Waals surface area contributed by atoms with Crippen LogP contribution in [0.15, 0.2) is 18.6 Å². The van der Waals surface area contributed by atoms with Crippen LogP contribution >= 0.6 is 0 Å². The fourth-order valence-corrected chi connectivity index (χ4v) is 4.34. The van der Waals surface area contributed by atoms with E-state index >= 15 is 0 Å². The van der Waals surface area contributed by atoms with E-state index in [2.05, 4.69) is 38.2 Å². The maximum Gasteiger partial charge on any atom is 0.229 e. The first-order valence-electron chi connectivity index (χ1n) is 9.61. The Hall–Kier alpha value is -2.66. The first-order chi connectivity index (χ1) is 13.1. The molecule has 2 aliphatic heterocycles. The number of hydrogen-bond acceptors (Lipinski definition) is 7. The van der Waals surface area contributed by atoms with E-state index in [1.807, 2.05) is 19.4 Å². The molecule has 2 saturated heterocycles. The van der Waals surface area contributed by atoms with E-state index in [4.69, 9.17) is 10.2 Å². The fraction of sp³-hybridized carbons (Fsp3) is 0.579. The molecule has 0 amide bonds. The van der Waals surface area contributed by atoms with Crippen LogP contribution in [0, 0.1) is 18.3 Å². The Balaban J connectivity index is 1.53. The van der Waals surface area contributed by atoms with Gasteiger partial charge in [0.25, 0.3) is 0 Å². The van der Waals surface area contributed by atoms with Crippen LogP contribution in [-0.4, -0.2) is 56.4 Å². The van der Waals surface area contributed by atoms with Crippen LogP contribution in [0.3, 0.4) is 0 Å². The molecule has 2 bridgehead atoms. The van der Waals surface area contributed by atoms with Crippen molar-refractivity contribution in [2.24, 2.45) is 7.05 Å². The highest BCUT2D eigenvalue weighted by Gasteiger charge is 2.37. The third-order valence-electron chi connectivity index (χ3n) is 5.56. The van der Waals surface area contributed by atoms with Gasteiger partial charge in [0.1, 0.15) is 5.82 Å². The van der Waals surface area contributed by atoms with Gasteiger partial charge in [-0.25, -0.2) is 4.98 Å². The van der Waals surface area contributed by atoms with Crippen molar-refractivity contribution in [3.8, 4) is 6.07 Å². The predicted molar refractivity (Wildman–Crippen MR) is 104 cm³/mol. The van der Waals surface area contributed by atoms with Gasteiger partial charge in [0, 0.05) is 63.1 Å². The summed E-state index contributed by atoms with van der Waals surface area (Å²) in [5.41, 5.74) is 1.97. The van der Waals surface area contributed by atoms with Crippen molar-refractivity contribution in [1.82, 2.24) is 24.6 Å².